The van der Waals surface area contributed by atoms with E-state index < -0.39 is 36.5 Å². The van der Waals surface area contributed by atoms with E-state index in [1.165, 1.54) is 83.0 Å². The molecule has 0 radical (unpaired) electrons. The molecule has 1 aromatic rings. The third-order valence-corrected chi connectivity index (χ3v) is 9.46. The van der Waals surface area contributed by atoms with Gasteiger partial charge in [-0.3, -0.25) is 29.5 Å². The molecule has 0 bridgehead atoms. The Bertz CT molecular complexity index is 1210. The van der Waals surface area contributed by atoms with E-state index >= 15 is 0 Å². The van der Waals surface area contributed by atoms with Crippen molar-refractivity contribution in [3.05, 3.63) is 48.3 Å². The predicted molar refractivity (Wildman–Crippen MR) is 204 cm³/mol. The molecule has 1 saturated heterocycles. The van der Waals surface area contributed by atoms with Gasteiger partial charge in [-0.25, -0.2) is 4.79 Å². The van der Waals surface area contributed by atoms with Gasteiger partial charge in [0.05, 0.1) is 6.61 Å². The number of hydrogen-bond acceptors (Lipinski definition) is 8. The number of alkyl carbamates (subject to hydrolysis) is 1. The van der Waals surface area contributed by atoms with E-state index in [1.807, 2.05) is 11.0 Å². The minimum absolute atomic E-state index is 0.0175. The summed E-state index contributed by atoms with van der Waals surface area (Å²) in [5.41, 5.74) is 3.43. The van der Waals surface area contributed by atoms with Crippen LogP contribution in [0.15, 0.2) is 42.7 Å². The smallest absolute Gasteiger partial charge is 0.408 e. The third kappa shape index (κ3) is 23.2. The lowest BCUT2D eigenvalue weighted by Gasteiger charge is -2.32. The number of hydroxylamine groups is 1. The van der Waals surface area contributed by atoms with Gasteiger partial charge in [0.25, 0.3) is 0 Å². The number of hydrogen-bond donors (Lipinski definition) is 5. The Morgan fingerprint density at radius 1 is 0.849 bits per heavy atom. The zero-order valence-electron chi connectivity index (χ0n) is 31.9. The number of carboxylic acid groups (broad SMARTS) is 1. The number of carboxylic acids is 1. The van der Waals surface area contributed by atoms with Crippen LogP contribution in [0.25, 0.3) is 0 Å². The van der Waals surface area contributed by atoms with Crippen molar-refractivity contribution in [1.29, 1.82) is 0 Å². The molecule has 0 aliphatic carbocycles. The molecule has 53 heavy (non-hydrogen) atoms. The Hall–Kier alpha value is -4.13. The summed E-state index contributed by atoms with van der Waals surface area (Å²) < 4.78 is 5.15. The number of amides is 4. The lowest BCUT2D eigenvalue weighted by molar-refractivity contribution is -0.138. The molecular formula is C40H65N5O8. The monoisotopic (exact) mass is 743 g/mol. The predicted octanol–water partition coefficient (Wildman–Crippen LogP) is 6.48. The van der Waals surface area contributed by atoms with Gasteiger partial charge in [-0.05, 0) is 43.6 Å². The Morgan fingerprint density at radius 2 is 1.47 bits per heavy atom. The summed E-state index contributed by atoms with van der Waals surface area (Å²) in [5.74, 6) is -1.63. The molecule has 2 rings (SSSR count). The lowest BCUT2D eigenvalue weighted by atomic mass is 9.93. The second-order valence-electron chi connectivity index (χ2n) is 13.9. The summed E-state index contributed by atoms with van der Waals surface area (Å²) in [6, 6.07) is 7.79. The first-order valence-corrected chi connectivity index (χ1v) is 19.8. The van der Waals surface area contributed by atoms with Crippen molar-refractivity contribution < 1.29 is 38.7 Å². The third-order valence-electron chi connectivity index (χ3n) is 9.46. The Labute approximate surface area is 316 Å². The Kier molecular flexibility index (Phi) is 24.9. The minimum atomic E-state index is -1.24. The highest BCUT2D eigenvalue weighted by atomic mass is 16.6. The molecule has 0 aromatic heterocycles. The number of nitrogens with zero attached hydrogens (tertiary/aromatic N) is 1. The maximum Gasteiger partial charge on any atom is 0.408 e. The highest BCUT2D eigenvalue weighted by Gasteiger charge is 2.24. The standard InChI is InChI=1S/C40H65N5O8/c1-2-3-4-5-6-7-8-9-10-11-12-13-17-20-37(47)45-28-23-33(24-29-45)25-30-53-43-27-26-41-36(46)22-21-35(39(50)42-31-38(48)49)44-40(51)52-32-34-18-15-14-16-19-34/h14-16,18-19,26-27,33,35,43H,2-13,17,20-25,28-32H2,1H3,(H,41,46)(H,42,50)(H,44,51)(H,48,49). The summed E-state index contributed by atoms with van der Waals surface area (Å²) >= 11 is 0. The molecule has 0 spiro atoms. The van der Waals surface area contributed by atoms with Crippen LogP contribution in [0, 0.1) is 5.92 Å². The number of aliphatic carboxylic acids is 1. The first kappa shape index (κ1) is 45.0. The van der Waals surface area contributed by atoms with Gasteiger partial charge in [0.2, 0.25) is 17.7 Å². The Balaban J connectivity index is 1.50. The topological polar surface area (TPSA) is 175 Å². The quantitative estimate of drug-likeness (QED) is 0.0454. The molecule has 1 heterocycles. The summed E-state index contributed by atoms with van der Waals surface area (Å²) in [6.45, 7) is 3.69. The van der Waals surface area contributed by atoms with Gasteiger partial charge in [0.1, 0.15) is 19.2 Å². The molecular weight excluding hydrogens is 678 g/mol. The molecule has 13 heteroatoms. The van der Waals surface area contributed by atoms with Gasteiger partial charge in [-0.1, -0.05) is 114 Å². The SMILES string of the molecule is CCCCCCCCCCCCCCCC(=O)N1CCC(CCONC=CNC(=O)CCC(NC(=O)OCc2ccccc2)C(=O)NCC(=O)O)CC1. The molecule has 1 atom stereocenters. The van der Waals surface area contributed by atoms with Gasteiger partial charge in [-0.15, -0.1) is 0 Å². The van der Waals surface area contributed by atoms with Gasteiger partial charge in [0, 0.05) is 38.3 Å². The molecule has 1 aliphatic heterocycles. The van der Waals surface area contributed by atoms with Crippen molar-refractivity contribution >= 4 is 29.8 Å². The highest BCUT2D eigenvalue weighted by molar-refractivity contribution is 5.88. The molecule has 1 unspecified atom stereocenters. The van der Waals surface area contributed by atoms with Crippen molar-refractivity contribution in [3.8, 4) is 0 Å². The molecule has 1 aliphatic rings. The first-order valence-electron chi connectivity index (χ1n) is 19.8. The minimum Gasteiger partial charge on any atom is -0.480 e. The molecule has 5 N–H and O–H groups in total. The van der Waals surface area contributed by atoms with E-state index in [0.717, 1.165) is 50.8 Å². The number of likely N-dealkylation sites (tertiary alicyclic amines) is 1. The van der Waals surface area contributed by atoms with Crippen molar-refractivity contribution in [1.82, 2.24) is 26.3 Å². The van der Waals surface area contributed by atoms with E-state index in [0.29, 0.717) is 18.9 Å². The molecule has 298 valence electrons. The first-order chi connectivity index (χ1) is 25.8. The Morgan fingerprint density at radius 3 is 2.09 bits per heavy atom. The number of piperidine rings is 1. The van der Waals surface area contributed by atoms with Gasteiger partial charge in [-0.2, -0.15) is 0 Å². The number of rotatable bonds is 29. The van der Waals surface area contributed by atoms with Crippen molar-refractivity contribution in [2.75, 3.05) is 26.2 Å². The molecule has 1 aromatic carbocycles. The molecule has 0 saturated carbocycles. The summed E-state index contributed by atoms with van der Waals surface area (Å²) in [4.78, 5) is 68.1. The summed E-state index contributed by atoms with van der Waals surface area (Å²) in [7, 11) is 0. The number of unbranched alkanes of at least 4 members (excludes halogenated alkanes) is 12. The van der Waals surface area contributed by atoms with Crippen LogP contribution in [0.3, 0.4) is 0 Å². The van der Waals surface area contributed by atoms with E-state index in [2.05, 4.69) is 28.4 Å². The van der Waals surface area contributed by atoms with Crippen molar-refractivity contribution in [3.63, 3.8) is 0 Å². The molecule has 4 amide bonds. The van der Waals surface area contributed by atoms with Crippen LogP contribution in [0.5, 0.6) is 0 Å². The van der Waals surface area contributed by atoms with Crippen molar-refractivity contribution in [2.24, 2.45) is 5.92 Å². The van der Waals surface area contributed by atoms with Crippen LogP contribution in [-0.2, 0) is 35.4 Å². The highest BCUT2D eigenvalue weighted by Crippen LogP contribution is 2.21. The number of carbonyl (C=O) groups is 5. The average molecular weight is 744 g/mol. The van der Waals surface area contributed by atoms with Crippen LogP contribution in [0.1, 0.15) is 134 Å². The number of carbonyl (C=O) groups excluding carboxylic acids is 4. The van der Waals surface area contributed by atoms with E-state index in [9.17, 15) is 24.0 Å². The van der Waals surface area contributed by atoms with E-state index in [4.69, 9.17) is 14.7 Å². The average Bonchev–Trinajstić information content (AvgIpc) is 3.16. The van der Waals surface area contributed by atoms with Gasteiger partial charge < -0.3 is 30.7 Å². The summed E-state index contributed by atoms with van der Waals surface area (Å²) in [6.07, 6.45) is 22.1. The second kappa shape index (κ2) is 29.3. The normalized spacial score (nSPS) is 13.7. The maximum absolute atomic E-state index is 12.7. The van der Waals surface area contributed by atoms with Gasteiger partial charge in [0.15, 0.2) is 0 Å². The fourth-order valence-electron chi connectivity index (χ4n) is 6.23. The van der Waals surface area contributed by atoms with E-state index in [1.54, 1.807) is 24.3 Å². The fraction of sp³-hybridized carbons (Fsp3) is 0.675. The van der Waals surface area contributed by atoms with Crippen LogP contribution in [-0.4, -0.2) is 72.1 Å². The van der Waals surface area contributed by atoms with Crippen LogP contribution in [0.4, 0.5) is 4.79 Å². The van der Waals surface area contributed by atoms with Crippen LogP contribution >= 0.6 is 0 Å². The number of nitrogens with one attached hydrogen (secondary N) is 4. The maximum atomic E-state index is 12.7. The van der Waals surface area contributed by atoms with Crippen LogP contribution < -0.4 is 21.4 Å². The van der Waals surface area contributed by atoms with Crippen LogP contribution in [0.2, 0.25) is 0 Å². The fourth-order valence-corrected chi connectivity index (χ4v) is 6.23. The van der Waals surface area contributed by atoms with Gasteiger partial charge >= 0.3 is 12.1 Å². The molecule has 1 fully saturated rings. The molecule has 13 nitrogen and oxygen atoms in total. The zero-order valence-corrected chi connectivity index (χ0v) is 31.9. The second-order valence-corrected chi connectivity index (χ2v) is 13.9. The number of ether oxygens (including phenoxy) is 1. The largest absolute Gasteiger partial charge is 0.480 e. The summed E-state index contributed by atoms with van der Waals surface area (Å²) in [5, 5.41) is 16.0. The van der Waals surface area contributed by atoms with E-state index in [-0.39, 0.29) is 25.4 Å². The van der Waals surface area contributed by atoms with Crippen molar-refractivity contribution in [2.45, 2.75) is 142 Å². The number of benzene rings is 1. The zero-order chi connectivity index (χ0) is 38.4. The lowest BCUT2D eigenvalue weighted by Crippen LogP contribution is -2.48.